The predicted molar refractivity (Wildman–Crippen MR) is 261 cm³/mol. The Labute approximate surface area is 405 Å². The average molecular weight is 973 g/mol. The number of nitrogens with two attached hydrogens (primary N) is 1. The summed E-state index contributed by atoms with van der Waals surface area (Å²) in [6.45, 7) is 4.26. The summed E-state index contributed by atoms with van der Waals surface area (Å²) in [7, 11) is 3.57. The Morgan fingerprint density at radius 3 is 1.63 bits per heavy atom. The van der Waals surface area contributed by atoms with Crippen LogP contribution in [-0.4, -0.2) is 167 Å². The number of anilines is 2. The molecule has 12 rings (SSSR count). The summed E-state index contributed by atoms with van der Waals surface area (Å²) in [5.74, 6) is -0.0674. The van der Waals surface area contributed by atoms with E-state index in [1.165, 1.54) is 16.9 Å². The van der Waals surface area contributed by atoms with Crippen molar-refractivity contribution in [3.8, 4) is 22.5 Å². The Morgan fingerprint density at radius 1 is 0.676 bits per heavy atom. The van der Waals surface area contributed by atoms with Crippen LogP contribution in [0.15, 0.2) is 73.6 Å². The van der Waals surface area contributed by atoms with Gasteiger partial charge in [0.15, 0.2) is 11.3 Å². The minimum absolute atomic E-state index is 0.0610. The van der Waals surface area contributed by atoms with Crippen LogP contribution < -0.4 is 21.7 Å². The quantitative estimate of drug-likeness (QED) is 0.109. The number of aliphatic hydroxyl groups is 2. The van der Waals surface area contributed by atoms with Crippen molar-refractivity contribution in [3.05, 3.63) is 84.7 Å². The van der Waals surface area contributed by atoms with Gasteiger partial charge in [0, 0.05) is 86.1 Å². The number of aliphatic hydroxyl groups excluding tert-OH is 2. The van der Waals surface area contributed by atoms with Gasteiger partial charge in [0.2, 0.25) is 0 Å². The summed E-state index contributed by atoms with van der Waals surface area (Å²) in [6, 6.07) is 11.4. The molecule has 23 nitrogen and oxygen atoms in total. The molecule has 1 amide bonds. The number of pyridine rings is 2. The van der Waals surface area contributed by atoms with Crippen molar-refractivity contribution in [1.82, 2.24) is 53.6 Å². The number of nitrogens with zero attached hydrogens (tertiary/aromatic N) is 10. The highest BCUT2D eigenvalue weighted by Gasteiger charge is 2.30. The molecular formula is C48H56N14O9. The zero-order valence-electron chi connectivity index (χ0n) is 39.2. The number of aromatic carboxylic acids is 1. The van der Waals surface area contributed by atoms with E-state index in [0.29, 0.717) is 66.3 Å². The predicted octanol–water partition coefficient (Wildman–Crippen LogP) is 3.17. The van der Waals surface area contributed by atoms with Crippen molar-refractivity contribution in [2.75, 3.05) is 77.6 Å². The molecule has 71 heavy (non-hydrogen) atoms. The topological polar surface area (TPSA) is 290 Å². The number of nitrogens with one attached hydrogen (secondary N) is 3. The minimum Gasteiger partial charge on any atom is -0.477 e. The van der Waals surface area contributed by atoms with E-state index >= 15 is 0 Å². The van der Waals surface area contributed by atoms with Crippen molar-refractivity contribution in [1.29, 1.82) is 0 Å². The van der Waals surface area contributed by atoms with E-state index in [1.54, 1.807) is 31.0 Å². The lowest BCUT2D eigenvalue weighted by Crippen LogP contribution is -2.42. The second kappa shape index (κ2) is 20.7. The number of carboxylic acids is 1. The Hall–Kier alpha value is -7.12. The molecule has 1 unspecified atom stereocenters. The zero-order valence-corrected chi connectivity index (χ0v) is 39.2. The first-order valence-corrected chi connectivity index (χ1v) is 23.6. The van der Waals surface area contributed by atoms with Gasteiger partial charge < -0.3 is 65.1 Å². The second-order valence-electron chi connectivity index (χ2n) is 17.8. The highest BCUT2D eigenvalue weighted by Crippen LogP contribution is 2.36. The maximum atomic E-state index is 13.1. The van der Waals surface area contributed by atoms with E-state index in [2.05, 4.69) is 56.4 Å². The molecule has 0 saturated carbocycles. The van der Waals surface area contributed by atoms with Crippen LogP contribution in [-0.2, 0) is 18.9 Å². The number of aromatic nitrogens is 10. The van der Waals surface area contributed by atoms with E-state index < -0.39 is 24.2 Å². The molecule has 0 radical (unpaired) electrons. The summed E-state index contributed by atoms with van der Waals surface area (Å²) < 4.78 is 28.9. The molecule has 372 valence electrons. The zero-order chi connectivity index (χ0) is 49.2. The molecule has 4 aliphatic rings. The van der Waals surface area contributed by atoms with Gasteiger partial charge in [-0.1, -0.05) is 0 Å². The highest BCUT2D eigenvalue weighted by molar-refractivity contribution is 6.01. The van der Waals surface area contributed by atoms with Crippen molar-refractivity contribution >= 4 is 56.9 Å². The number of hydrogen-bond acceptors (Lipinski definition) is 17. The third-order valence-electron chi connectivity index (χ3n) is 13.2. The van der Waals surface area contributed by atoms with Gasteiger partial charge in [-0.3, -0.25) is 4.79 Å². The Kier molecular flexibility index (Phi) is 13.9. The molecular weight excluding hydrogens is 917 g/mol. The fourth-order valence-electron chi connectivity index (χ4n) is 9.37. The van der Waals surface area contributed by atoms with Gasteiger partial charge in [-0.25, -0.2) is 24.7 Å². The number of carbonyl (C=O) groups excluding carboxylic acids is 1. The van der Waals surface area contributed by atoms with Crippen LogP contribution in [0.4, 0.5) is 11.6 Å². The molecule has 0 spiro atoms. The minimum atomic E-state index is -1.06. The third-order valence-corrected chi connectivity index (χ3v) is 13.2. The van der Waals surface area contributed by atoms with Gasteiger partial charge in [-0.2, -0.15) is 19.2 Å². The molecule has 0 bridgehead atoms. The first-order valence-electron chi connectivity index (χ1n) is 23.6. The molecule has 6 atom stereocenters. The van der Waals surface area contributed by atoms with Crippen LogP contribution in [0.2, 0.25) is 0 Å². The van der Waals surface area contributed by atoms with E-state index in [0.717, 1.165) is 72.1 Å². The third kappa shape index (κ3) is 9.47. The molecule has 8 aromatic rings. The van der Waals surface area contributed by atoms with Crippen molar-refractivity contribution < 1.29 is 43.9 Å². The summed E-state index contributed by atoms with van der Waals surface area (Å²) in [6.07, 6.45) is 13.4. The number of fused-ring (bicyclic) bond motifs is 4. The van der Waals surface area contributed by atoms with Crippen molar-refractivity contribution in [2.45, 2.75) is 62.1 Å². The van der Waals surface area contributed by atoms with Crippen LogP contribution in [0.25, 0.3) is 55.9 Å². The van der Waals surface area contributed by atoms with Crippen molar-refractivity contribution in [3.63, 3.8) is 0 Å². The summed E-state index contributed by atoms with van der Waals surface area (Å²) in [5.41, 5.74) is 11.3. The van der Waals surface area contributed by atoms with Crippen molar-refractivity contribution in [2.24, 2.45) is 5.73 Å². The Morgan fingerprint density at radius 2 is 1.20 bits per heavy atom. The first kappa shape index (κ1) is 47.6. The van der Waals surface area contributed by atoms with Gasteiger partial charge in [0.05, 0.1) is 99.8 Å². The van der Waals surface area contributed by atoms with Crippen LogP contribution in [0.5, 0.6) is 0 Å². The smallest absolute Gasteiger partial charge is 0.341 e. The fraction of sp³-hybridized carbons (Fsp3) is 0.417. The Bertz CT molecular complexity index is 3180. The van der Waals surface area contributed by atoms with E-state index in [9.17, 15) is 19.8 Å². The monoisotopic (exact) mass is 972 g/mol. The Balaban J connectivity index is 0.000000146. The standard InChI is InChI=1S/C24H27N7O4.C20H20N6O3.C4H9NO2/c1-25-21-8-18(17-10-30(14-4-3-7-34-11-14)22-15(17)5-2-6-26-22)28-23-16(9-27-31(21)23)24(33)29-19-12-35-13-20(19)32;1-21-17-8-16(24-19-14(20(27)28)9-23-26(17)19)15-10-25(12-4-3-7-29-11-12)18-13(15)5-2-6-22-18;5-3-1-7-2-4(3)6/h2,5-6,8-10,14,19-20,25,32H,3-4,7,11-13H2,1H3,(H,29,33);2,5-6,8-10,12,21H,3-4,7,11H2,1H3,(H,27,28);3-4,6H,1-2,5H2/t14-,19?,20+;12-;3-,4+/m000/s1. The molecule has 4 saturated heterocycles. The molecule has 0 aromatic carbocycles. The maximum Gasteiger partial charge on any atom is 0.341 e. The van der Waals surface area contributed by atoms with Crippen LogP contribution in [0.1, 0.15) is 58.5 Å². The lowest BCUT2D eigenvalue weighted by molar-refractivity contribution is 0.0605. The number of carbonyl (C=O) groups is 2. The van der Waals surface area contributed by atoms with Crippen LogP contribution >= 0.6 is 0 Å². The van der Waals surface area contributed by atoms with E-state index in [4.69, 9.17) is 34.8 Å². The molecule has 0 aliphatic carbocycles. The number of carboxylic acid groups (broad SMARTS) is 1. The lowest BCUT2D eigenvalue weighted by atomic mass is 10.1. The van der Waals surface area contributed by atoms with Gasteiger partial charge in [-0.05, 0) is 49.9 Å². The largest absolute Gasteiger partial charge is 0.477 e. The summed E-state index contributed by atoms with van der Waals surface area (Å²) in [5, 5.41) is 47.8. The number of amides is 1. The normalized spacial score (nSPS) is 22.3. The summed E-state index contributed by atoms with van der Waals surface area (Å²) >= 11 is 0. The second-order valence-corrected chi connectivity index (χ2v) is 17.8. The molecule has 8 aromatic heterocycles. The van der Waals surface area contributed by atoms with E-state index in [-0.39, 0.29) is 42.8 Å². The molecule has 12 heterocycles. The average Bonchev–Trinajstić information content (AvgIpc) is 4.28. The van der Waals surface area contributed by atoms with Gasteiger partial charge >= 0.3 is 5.97 Å². The molecule has 4 aliphatic heterocycles. The lowest BCUT2D eigenvalue weighted by Gasteiger charge is -2.24. The van der Waals surface area contributed by atoms with E-state index in [1.807, 2.05) is 42.6 Å². The number of ether oxygens (including phenoxy) is 4. The van der Waals surface area contributed by atoms with Gasteiger partial charge in [-0.15, -0.1) is 0 Å². The molecule has 4 fully saturated rings. The van der Waals surface area contributed by atoms with Crippen LogP contribution in [0.3, 0.4) is 0 Å². The fourth-order valence-corrected chi connectivity index (χ4v) is 9.37. The SMILES string of the molecule is CNc1cc(-c2cn([C@H]3CCCOC3)c3ncccc23)nc2c(C(=O)NC3COC[C@H]3O)cnn12.CNc1cc(-c2cn([C@H]3CCCOC3)c3ncccc23)nc2c(C(=O)O)cnn12.N[C@H]1COC[C@H]1O. The first-order chi connectivity index (χ1) is 34.6. The molecule has 23 heteroatoms. The summed E-state index contributed by atoms with van der Waals surface area (Å²) in [4.78, 5) is 43.4. The van der Waals surface area contributed by atoms with Crippen LogP contribution in [0, 0.1) is 0 Å². The molecule has 8 N–H and O–H groups in total. The van der Waals surface area contributed by atoms with Gasteiger partial charge in [0.25, 0.3) is 5.91 Å². The number of rotatable bonds is 9. The highest BCUT2D eigenvalue weighted by atomic mass is 16.5. The number of hydrogen-bond donors (Lipinski definition) is 7. The van der Waals surface area contributed by atoms with Gasteiger partial charge in [0.1, 0.15) is 34.1 Å². The maximum absolute atomic E-state index is 13.1.